The van der Waals surface area contributed by atoms with E-state index in [0.29, 0.717) is 17.4 Å². The van der Waals surface area contributed by atoms with E-state index in [1.54, 1.807) is 24.3 Å². The Bertz CT molecular complexity index is 508. The molecule has 20 heavy (non-hydrogen) atoms. The largest absolute Gasteiger partial charge is 0.385 e. The summed E-state index contributed by atoms with van der Waals surface area (Å²) in [5.74, 6) is 0.480. The summed E-state index contributed by atoms with van der Waals surface area (Å²) in [6.07, 6.45) is 1.85. The molecule has 0 aromatic heterocycles. The lowest BCUT2D eigenvalue weighted by molar-refractivity contribution is 0.184. The molecule has 1 unspecified atom stereocenters. The van der Waals surface area contributed by atoms with Crippen molar-refractivity contribution in [3.8, 4) is 0 Å². The molecule has 1 aliphatic rings. The predicted octanol–water partition coefficient (Wildman–Crippen LogP) is 1.82. The van der Waals surface area contributed by atoms with Gasteiger partial charge in [-0.3, -0.25) is 0 Å². The summed E-state index contributed by atoms with van der Waals surface area (Å²) in [5.41, 5.74) is 0.926. The van der Waals surface area contributed by atoms with Crippen LogP contribution in [0.1, 0.15) is 19.8 Å². The lowest BCUT2D eigenvalue weighted by atomic mass is 10.1. The molecule has 2 rings (SSSR count). The molecular weight excluding hydrogens is 276 g/mol. The third-order valence-corrected chi connectivity index (χ3v) is 4.89. The van der Waals surface area contributed by atoms with Gasteiger partial charge < -0.3 is 10.1 Å². The van der Waals surface area contributed by atoms with Crippen molar-refractivity contribution in [3.63, 3.8) is 0 Å². The minimum absolute atomic E-state index is 0.307. The molecule has 5 nitrogen and oxygen atoms in total. The Morgan fingerprint density at radius 2 is 2.05 bits per heavy atom. The van der Waals surface area contributed by atoms with E-state index in [0.717, 1.165) is 38.3 Å². The number of rotatable bonds is 7. The van der Waals surface area contributed by atoms with Gasteiger partial charge in [0, 0.05) is 32.0 Å². The quantitative estimate of drug-likeness (QED) is 0.806. The third-order valence-electron chi connectivity index (χ3n) is 3.41. The minimum Gasteiger partial charge on any atom is -0.385 e. The summed E-state index contributed by atoms with van der Waals surface area (Å²) in [7, 11) is -3.40. The topological polar surface area (TPSA) is 67.4 Å². The van der Waals surface area contributed by atoms with Crippen LogP contribution in [-0.4, -0.2) is 34.7 Å². The van der Waals surface area contributed by atoms with E-state index < -0.39 is 10.0 Å². The summed E-state index contributed by atoms with van der Waals surface area (Å²) >= 11 is 0. The maximum atomic E-state index is 12.1. The predicted molar refractivity (Wildman–Crippen MR) is 79.3 cm³/mol. The van der Waals surface area contributed by atoms with Gasteiger partial charge >= 0.3 is 0 Å². The van der Waals surface area contributed by atoms with Crippen molar-refractivity contribution in [2.75, 3.05) is 31.6 Å². The smallest absolute Gasteiger partial charge is 0.240 e. The molecule has 1 fully saturated rings. The van der Waals surface area contributed by atoms with Crippen LogP contribution in [-0.2, 0) is 14.8 Å². The van der Waals surface area contributed by atoms with Gasteiger partial charge in [0.2, 0.25) is 10.0 Å². The first kappa shape index (κ1) is 15.3. The maximum Gasteiger partial charge on any atom is 0.240 e. The van der Waals surface area contributed by atoms with E-state index in [-0.39, 0.29) is 0 Å². The van der Waals surface area contributed by atoms with Crippen LogP contribution in [0.4, 0.5) is 5.69 Å². The van der Waals surface area contributed by atoms with Crippen molar-refractivity contribution in [1.29, 1.82) is 0 Å². The maximum absolute atomic E-state index is 12.1. The fourth-order valence-electron chi connectivity index (χ4n) is 2.25. The lowest BCUT2D eigenvalue weighted by Crippen LogP contribution is -2.26. The number of nitrogens with one attached hydrogen (secondary N) is 2. The van der Waals surface area contributed by atoms with Crippen molar-refractivity contribution in [3.05, 3.63) is 24.3 Å². The van der Waals surface area contributed by atoms with Crippen molar-refractivity contribution >= 4 is 15.7 Å². The van der Waals surface area contributed by atoms with E-state index in [2.05, 4.69) is 10.0 Å². The molecule has 112 valence electrons. The molecule has 1 saturated heterocycles. The third kappa shape index (κ3) is 4.19. The Hall–Kier alpha value is -1.11. The highest BCUT2D eigenvalue weighted by molar-refractivity contribution is 7.89. The van der Waals surface area contributed by atoms with Crippen LogP contribution in [0.3, 0.4) is 0 Å². The summed E-state index contributed by atoms with van der Waals surface area (Å²) < 4.78 is 32.2. The zero-order chi connectivity index (χ0) is 14.4. The van der Waals surface area contributed by atoms with Gasteiger partial charge in [-0.25, -0.2) is 13.1 Å². The molecule has 0 aliphatic carbocycles. The Balaban J connectivity index is 1.88. The molecule has 1 aromatic carbocycles. The van der Waals surface area contributed by atoms with E-state index in [9.17, 15) is 8.42 Å². The van der Waals surface area contributed by atoms with Crippen molar-refractivity contribution in [1.82, 2.24) is 4.72 Å². The SMILES string of the molecule is CCNc1ccc(S(=O)(=O)NCCC2CCOC2)cc1. The molecule has 0 radical (unpaired) electrons. The number of ether oxygens (including phenoxy) is 1. The highest BCUT2D eigenvalue weighted by atomic mass is 32.2. The molecule has 1 atom stereocenters. The van der Waals surface area contributed by atoms with Gasteiger partial charge in [0.25, 0.3) is 0 Å². The average molecular weight is 298 g/mol. The second kappa shape index (κ2) is 7.06. The van der Waals surface area contributed by atoms with Crippen molar-refractivity contribution < 1.29 is 13.2 Å². The molecule has 2 N–H and O–H groups in total. The van der Waals surface area contributed by atoms with Gasteiger partial charge in [-0.15, -0.1) is 0 Å². The van der Waals surface area contributed by atoms with Crippen LogP contribution in [0.2, 0.25) is 0 Å². The van der Waals surface area contributed by atoms with Gasteiger partial charge in [-0.05, 0) is 49.9 Å². The minimum atomic E-state index is -3.40. The van der Waals surface area contributed by atoms with E-state index in [4.69, 9.17) is 4.74 Å². The summed E-state index contributed by atoms with van der Waals surface area (Å²) in [6, 6.07) is 6.81. The average Bonchev–Trinajstić information content (AvgIpc) is 2.93. The Kier molecular flexibility index (Phi) is 5.39. The van der Waals surface area contributed by atoms with Crippen LogP contribution in [0.25, 0.3) is 0 Å². The second-order valence-electron chi connectivity index (χ2n) is 4.97. The fourth-order valence-corrected chi connectivity index (χ4v) is 3.30. The Labute approximate surface area is 120 Å². The molecule has 0 spiro atoms. The van der Waals surface area contributed by atoms with Gasteiger partial charge in [-0.2, -0.15) is 0 Å². The van der Waals surface area contributed by atoms with E-state index in [1.165, 1.54) is 0 Å². The standard InChI is InChI=1S/C14H22N2O3S/c1-2-15-13-3-5-14(6-4-13)20(17,18)16-9-7-12-8-10-19-11-12/h3-6,12,15-16H,2,7-11H2,1H3. The van der Waals surface area contributed by atoms with Gasteiger partial charge in [0.1, 0.15) is 0 Å². The van der Waals surface area contributed by atoms with E-state index in [1.807, 2.05) is 6.92 Å². The first-order chi connectivity index (χ1) is 9.62. The second-order valence-corrected chi connectivity index (χ2v) is 6.74. The van der Waals surface area contributed by atoms with Gasteiger partial charge in [-0.1, -0.05) is 0 Å². The van der Waals surface area contributed by atoms with Crippen LogP contribution < -0.4 is 10.0 Å². The highest BCUT2D eigenvalue weighted by Crippen LogP contribution is 2.17. The monoisotopic (exact) mass is 298 g/mol. The fraction of sp³-hybridized carbons (Fsp3) is 0.571. The van der Waals surface area contributed by atoms with Crippen LogP contribution in [0.5, 0.6) is 0 Å². The molecule has 0 bridgehead atoms. The van der Waals surface area contributed by atoms with Crippen molar-refractivity contribution in [2.24, 2.45) is 5.92 Å². The first-order valence-corrected chi connectivity index (χ1v) is 8.51. The normalized spacial score (nSPS) is 19.1. The lowest BCUT2D eigenvalue weighted by Gasteiger charge is -2.10. The van der Waals surface area contributed by atoms with Crippen molar-refractivity contribution in [2.45, 2.75) is 24.7 Å². The number of anilines is 1. The zero-order valence-corrected chi connectivity index (χ0v) is 12.6. The van der Waals surface area contributed by atoms with E-state index >= 15 is 0 Å². The van der Waals surface area contributed by atoms with Gasteiger partial charge in [0.05, 0.1) is 4.90 Å². The first-order valence-electron chi connectivity index (χ1n) is 7.03. The van der Waals surface area contributed by atoms with Crippen LogP contribution >= 0.6 is 0 Å². The zero-order valence-electron chi connectivity index (χ0n) is 11.8. The summed E-state index contributed by atoms with van der Waals surface area (Å²) in [4.78, 5) is 0.307. The Morgan fingerprint density at radius 1 is 1.30 bits per heavy atom. The van der Waals surface area contributed by atoms with Gasteiger partial charge in [0.15, 0.2) is 0 Å². The Morgan fingerprint density at radius 3 is 2.65 bits per heavy atom. The summed E-state index contributed by atoms with van der Waals surface area (Å²) in [6.45, 7) is 4.82. The summed E-state index contributed by atoms with van der Waals surface area (Å²) in [5, 5.41) is 3.14. The molecule has 0 amide bonds. The number of sulfonamides is 1. The van der Waals surface area contributed by atoms with Crippen LogP contribution in [0.15, 0.2) is 29.2 Å². The number of benzene rings is 1. The molecule has 6 heteroatoms. The molecular formula is C14H22N2O3S. The molecule has 1 heterocycles. The molecule has 0 saturated carbocycles. The number of hydrogen-bond donors (Lipinski definition) is 2. The molecule has 1 aliphatic heterocycles. The molecule has 1 aromatic rings. The highest BCUT2D eigenvalue weighted by Gasteiger charge is 2.18. The van der Waals surface area contributed by atoms with Crippen LogP contribution in [0, 0.1) is 5.92 Å². The number of hydrogen-bond acceptors (Lipinski definition) is 4.